The summed E-state index contributed by atoms with van der Waals surface area (Å²) in [4.78, 5) is 4.29. The number of hydrogen-bond acceptors (Lipinski definition) is 4. The van der Waals surface area contributed by atoms with Crippen molar-refractivity contribution in [3.8, 4) is 0 Å². The number of sulfonamides is 1. The minimum absolute atomic E-state index is 0.439. The van der Waals surface area contributed by atoms with Crippen LogP contribution in [0.3, 0.4) is 0 Å². The fourth-order valence-corrected chi connectivity index (χ4v) is 2.23. The molecule has 2 aromatic heterocycles. The Morgan fingerprint density at radius 1 is 1.44 bits per heavy atom. The van der Waals surface area contributed by atoms with Crippen LogP contribution in [0.4, 0.5) is 0 Å². The van der Waals surface area contributed by atoms with Crippen LogP contribution in [0.1, 0.15) is 17.7 Å². The average Bonchev–Trinajstić information content (AvgIpc) is 2.62. The number of aryl methyl sites for hydroxylation is 2. The van der Waals surface area contributed by atoms with Crippen molar-refractivity contribution in [3.05, 3.63) is 29.7 Å². The second-order valence-corrected chi connectivity index (χ2v) is 6.15. The van der Waals surface area contributed by atoms with Gasteiger partial charge in [0.2, 0.25) is 10.0 Å². The predicted molar refractivity (Wildman–Crippen MR) is 68.9 cm³/mol. The van der Waals surface area contributed by atoms with E-state index in [1.807, 2.05) is 19.2 Å². The fourth-order valence-electron chi connectivity index (χ4n) is 1.71. The predicted octanol–water partition coefficient (Wildman–Crippen LogP) is 0.520. The Hall–Kier alpha value is -1.47. The van der Waals surface area contributed by atoms with Crippen LogP contribution in [-0.2, 0) is 16.4 Å². The average molecular weight is 268 g/mol. The zero-order valence-electron chi connectivity index (χ0n) is 10.4. The van der Waals surface area contributed by atoms with Gasteiger partial charge in [-0.15, -0.1) is 0 Å². The lowest BCUT2D eigenvalue weighted by molar-refractivity contribution is 0.585. The van der Waals surface area contributed by atoms with Gasteiger partial charge in [-0.2, -0.15) is 5.10 Å². The van der Waals surface area contributed by atoms with Crippen molar-refractivity contribution in [1.82, 2.24) is 19.3 Å². The molecule has 0 saturated carbocycles. The monoisotopic (exact) mass is 268 g/mol. The highest BCUT2D eigenvalue weighted by Crippen LogP contribution is 2.06. The fraction of sp³-hybridized carbons (Fsp3) is 0.455. The molecule has 0 unspecified atom stereocenters. The van der Waals surface area contributed by atoms with Crippen molar-refractivity contribution in [2.24, 2.45) is 0 Å². The third kappa shape index (κ3) is 3.51. The van der Waals surface area contributed by atoms with E-state index in [1.165, 1.54) is 0 Å². The molecular formula is C11H16N4O2S. The molecule has 0 aromatic carbocycles. The van der Waals surface area contributed by atoms with E-state index in [9.17, 15) is 8.42 Å². The largest absolute Gasteiger partial charge is 0.237 e. The molecule has 0 radical (unpaired) electrons. The Bertz CT molecular complexity index is 648. The molecule has 0 bridgehead atoms. The molecule has 0 saturated heterocycles. The number of fused-ring (bicyclic) bond motifs is 1. The molecule has 0 aliphatic carbocycles. The van der Waals surface area contributed by atoms with Crippen molar-refractivity contribution in [1.29, 1.82) is 0 Å². The number of aromatic nitrogens is 3. The second kappa shape index (κ2) is 5.03. The molecule has 0 aliphatic rings. The molecule has 0 fully saturated rings. The van der Waals surface area contributed by atoms with E-state index >= 15 is 0 Å². The van der Waals surface area contributed by atoms with E-state index in [0.717, 1.165) is 36.0 Å². The summed E-state index contributed by atoms with van der Waals surface area (Å²) in [6.45, 7) is 2.36. The Morgan fingerprint density at radius 3 is 2.94 bits per heavy atom. The van der Waals surface area contributed by atoms with Crippen LogP contribution in [0.2, 0.25) is 0 Å². The minimum atomic E-state index is -3.09. The van der Waals surface area contributed by atoms with Crippen LogP contribution in [0.15, 0.2) is 18.5 Å². The Morgan fingerprint density at radius 2 is 2.22 bits per heavy atom. The first-order chi connectivity index (χ1) is 8.44. The Labute approximate surface area is 106 Å². The van der Waals surface area contributed by atoms with Gasteiger partial charge in [0.1, 0.15) is 0 Å². The Kier molecular flexibility index (Phi) is 3.63. The molecule has 0 aliphatic heterocycles. The smallest absolute Gasteiger partial charge is 0.208 e. The first kappa shape index (κ1) is 13.0. The molecule has 0 amide bonds. The van der Waals surface area contributed by atoms with Crippen LogP contribution in [0.25, 0.3) is 5.65 Å². The maximum Gasteiger partial charge on any atom is 0.208 e. The lowest BCUT2D eigenvalue weighted by Gasteiger charge is -2.03. The third-order valence-electron chi connectivity index (χ3n) is 2.50. The minimum Gasteiger partial charge on any atom is -0.237 e. The van der Waals surface area contributed by atoms with E-state index in [0.29, 0.717) is 6.54 Å². The molecule has 1 N–H and O–H groups in total. The molecule has 7 heteroatoms. The van der Waals surface area contributed by atoms with Crippen molar-refractivity contribution >= 4 is 15.7 Å². The molecule has 6 nitrogen and oxygen atoms in total. The van der Waals surface area contributed by atoms with Crippen molar-refractivity contribution < 1.29 is 8.42 Å². The number of hydrogen-bond donors (Lipinski definition) is 1. The van der Waals surface area contributed by atoms with Crippen LogP contribution in [0.5, 0.6) is 0 Å². The van der Waals surface area contributed by atoms with Gasteiger partial charge in [0.15, 0.2) is 5.65 Å². The van der Waals surface area contributed by atoms with Gasteiger partial charge in [-0.05, 0) is 25.3 Å². The SMILES string of the molecule is Cc1cc2ncc(CCCNS(C)(=O)=O)cn2n1. The van der Waals surface area contributed by atoms with E-state index in [2.05, 4.69) is 14.8 Å². The van der Waals surface area contributed by atoms with E-state index < -0.39 is 10.0 Å². The summed E-state index contributed by atoms with van der Waals surface area (Å²) in [7, 11) is -3.09. The van der Waals surface area contributed by atoms with Gasteiger partial charge in [-0.25, -0.2) is 22.6 Å². The van der Waals surface area contributed by atoms with Crippen LogP contribution in [0, 0.1) is 6.92 Å². The molecule has 2 heterocycles. The molecule has 18 heavy (non-hydrogen) atoms. The van der Waals surface area contributed by atoms with Gasteiger partial charge in [0, 0.05) is 25.0 Å². The van der Waals surface area contributed by atoms with Crippen molar-refractivity contribution in [2.75, 3.05) is 12.8 Å². The van der Waals surface area contributed by atoms with E-state index in [4.69, 9.17) is 0 Å². The third-order valence-corrected chi connectivity index (χ3v) is 3.22. The quantitative estimate of drug-likeness (QED) is 0.802. The lowest BCUT2D eigenvalue weighted by Crippen LogP contribution is -2.23. The standard InChI is InChI=1S/C11H16N4O2S/c1-9-6-11-12-7-10(8-15(11)14-9)4-3-5-13-18(2,16)17/h6-8,13H,3-5H2,1-2H3. The zero-order valence-corrected chi connectivity index (χ0v) is 11.2. The summed E-state index contributed by atoms with van der Waals surface area (Å²) in [6, 6.07) is 1.91. The molecule has 0 spiro atoms. The van der Waals surface area contributed by atoms with Crippen LogP contribution < -0.4 is 4.72 Å². The van der Waals surface area contributed by atoms with Crippen molar-refractivity contribution in [2.45, 2.75) is 19.8 Å². The lowest BCUT2D eigenvalue weighted by atomic mass is 10.2. The van der Waals surface area contributed by atoms with Gasteiger partial charge in [0.05, 0.1) is 11.9 Å². The van der Waals surface area contributed by atoms with Gasteiger partial charge in [-0.1, -0.05) is 0 Å². The second-order valence-electron chi connectivity index (χ2n) is 4.32. The van der Waals surface area contributed by atoms with Gasteiger partial charge in [-0.3, -0.25) is 0 Å². The van der Waals surface area contributed by atoms with Crippen LogP contribution in [-0.4, -0.2) is 35.8 Å². The highest BCUT2D eigenvalue weighted by molar-refractivity contribution is 7.88. The van der Waals surface area contributed by atoms with E-state index in [1.54, 1.807) is 10.7 Å². The summed E-state index contributed by atoms with van der Waals surface area (Å²) < 4.78 is 26.0. The topological polar surface area (TPSA) is 76.4 Å². The highest BCUT2D eigenvalue weighted by Gasteiger charge is 2.02. The first-order valence-corrected chi connectivity index (χ1v) is 7.59. The van der Waals surface area contributed by atoms with Gasteiger partial charge >= 0.3 is 0 Å². The van der Waals surface area contributed by atoms with Gasteiger partial charge < -0.3 is 0 Å². The summed E-state index contributed by atoms with van der Waals surface area (Å²) in [5.41, 5.74) is 2.80. The van der Waals surface area contributed by atoms with Crippen molar-refractivity contribution in [3.63, 3.8) is 0 Å². The Balaban J connectivity index is 1.95. The zero-order chi connectivity index (χ0) is 13.2. The maximum absolute atomic E-state index is 10.9. The number of nitrogens with one attached hydrogen (secondary N) is 1. The number of nitrogens with zero attached hydrogens (tertiary/aromatic N) is 3. The van der Waals surface area contributed by atoms with E-state index in [-0.39, 0.29) is 0 Å². The molecule has 2 rings (SSSR count). The summed E-state index contributed by atoms with van der Waals surface area (Å²) in [5.74, 6) is 0. The molecule has 98 valence electrons. The summed E-state index contributed by atoms with van der Waals surface area (Å²) >= 11 is 0. The molecule has 0 atom stereocenters. The maximum atomic E-state index is 10.9. The highest BCUT2D eigenvalue weighted by atomic mass is 32.2. The molecule has 2 aromatic rings. The molecular weight excluding hydrogens is 252 g/mol. The normalized spacial score (nSPS) is 12.1. The van der Waals surface area contributed by atoms with Crippen LogP contribution >= 0.6 is 0 Å². The summed E-state index contributed by atoms with van der Waals surface area (Å²) in [6.07, 6.45) is 6.39. The first-order valence-electron chi connectivity index (χ1n) is 5.69. The summed E-state index contributed by atoms with van der Waals surface area (Å²) in [5, 5.41) is 4.28. The number of rotatable bonds is 5. The van der Waals surface area contributed by atoms with Gasteiger partial charge in [0.25, 0.3) is 0 Å².